The summed E-state index contributed by atoms with van der Waals surface area (Å²) in [6.07, 6.45) is 2.89. The van der Waals surface area contributed by atoms with Gasteiger partial charge in [-0.2, -0.15) is 0 Å². The van der Waals surface area contributed by atoms with E-state index in [1.54, 1.807) is 12.3 Å². The average molecular weight is 411 g/mol. The first kappa shape index (κ1) is 19.4. The number of guanidine groups is 1. The molecule has 0 aliphatic rings. The fraction of sp³-hybridized carbons (Fsp3) is 0.571. The first-order chi connectivity index (χ1) is 9.11. The highest BCUT2D eigenvalue weighted by molar-refractivity contribution is 14.0. The lowest BCUT2D eigenvalue weighted by Gasteiger charge is -2.12. The van der Waals surface area contributed by atoms with Gasteiger partial charge in [0.1, 0.15) is 5.15 Å². The van der Waals surface area contributed by atoms with E-state index in [1.807, 2.05) is 6.07 Å². The molecule has 2 N–H and O–H groups in total. The number of nitrogens with zero attached hydrogens (tertiary/aromatic N) is 2. The zero-order chi connectivity index (χ0) is 14.1. The molecule has 0 amide bonds. The number of aromatic nitrogens is 1. The van der Waals surface area contributed by atoms with E-state index in [9.17, 15) is 0 Å². The van der Waals surface area contributed by atoms with E-state index in [-0.39, 0.29) is 24.0 Å². The molecule has 0 atom stereocenters. The minimum absolute atomic E-state index is 0. The third kappa shape index (κ3) is 8.58. The van der Waals surface area contributed by atoms with Gasteiger partial charge in [-0.05, 0) is 30.9 Å². The maximum absolute atomic E-state index is 5.75. The van der Waals surface area contributed by atoms with Crippen molar-refractivity contribution in [2.75, 3.05) is 13.1 Å². The molecular formula is C14H24ClIN4. The zero-order valence-corrected chi connectivity index (χ0v) is 15.4. The molecule has 0 fully saturated rings. The van der Waals surface area contributed by atoms with Crippen molar-refractivity contribution in [3.05, 3.63) is 29.0 Å². The molecule has 0 aromatic carbocycles. The van der Waals surface area contributed by atoms with Crippen LogP contribution in [0.2, 0.25) is 5.15 Å². The van der Waals surface area contributed by atoms with Crippen LogP contribution in [-0.4, -0.2) is 24.0 Å². The van der Waals surface area contributed by atoms with Gasteiger partial charge < -0.3 is 10.6 Å². The maximum atomic E-state index is 5.75. The summed E-state index contributed by atoms with van der Waals surface area (Å²) in [5.41, 5.74) is 1.05. The molecule has 0 saturated heterocycles. The fourth-order valence-corrected chi connectivity index (χ4v) is 1.60. The Balaban J connectivity index is 0.00000361. The molecular weight excluding hydrogens is 387 g/mol. The molecule has 1 rings (SSSR count). The number of hydrogen-bond donors (Lipinski definition) is 2. The molecule has 1 heterocycles. The molecule has 0 aliphatic heterocycles. The average Bonchev–Trinajstić information content (AvgIpc) is 2.37. The topological polar surface area (TPSA) is 49.3 Å². The minimum Gasteiger partial charge on any atom is -0.357 e. The summed E-state index contributed by atoms with van der Waals surface area (Å²) < 4.78 is 0. The molecule has 20 heavy (non-hydrogen) atoms. The van der Waals surface area contributed by atoms with Gasteiger partial charge in [-0.3, -0.25) is 0 Å². The van der Waals surface area contributed by atoms with Gasteiger partial charge in [0.2, 0.25) is 0 Å². The quantitative estimate of drug-likeness (QED) is 0.327. The summed E-state index contributed by atoms with van der Waals surface area (Å²) in [6.45, 7) is 8.87. The normalized spacial score (nSPS) is 11.2. The Morgan fingerprint density at radius 2 is 2.10 bits per heavy atom. The summed E-state index contributed by atoms with van der Waals surface area (Å²) in [7, 11) is 0. The third-order valence-electron chi connectivity index (χ3n) is 2.57. The lowest BCUT2D eigenvalue weighted by Crippen LogP contribution is -2.38. The van der Waals surface area contributed by atoms with Gasteiger partial charge in [-0.1, -0.05) is 31.5 Å². The molecule has 0 spiro atoms. The molecule has 114 valence electrons. The molecule has 0 bridgehead atoms. The first-order valence-electron chi connectivity index (χ1n) is 6.74. The Hall–Kier alpha value is -0.560. The Morgan fingerprint density at radius 3 is 2.65 bits per heavy atom. The standard InChI is InChI=1S/C14H23ClN4.HI/c1-4-16-14(17-8-7-11(2)3)19-10-12-5-6-13(15)18-9-12;/h5-6,9,11H,4,7-8,10H2,1-3H3,(H2,16,17,19);1H. The summed E-state index contributed by atoms with van der Waals surface area (Å²) in [4.78, 5) is 8.57. The predicted molar refractivity (Wildman–Crippen MR) is 96.9 cm³/mol. The molecule has 0 saturated carbocycles. The summed E-state index contributed by atoms with van der Waals surface area (Å²) in [6, 6.07) is 3.72. The number of aliphatic imine (C=N–C) groups is 1. The van der Waals surface area contributed by atoms with Crippen molar-refractivity contribution in [1.29, 1.82) is 0 Å². The Labute approximate surface area is 143 Å². The summed E-state index contributed by atoms with van der Waals surface area (Å²) >= 11 is 5.75. The summed E-state index contributed by atoms with van der Waals surface area (Å²) in [5, 5.41) is 7.07. The SMILES string of the molecule is CCNC(=NCc1ccc(Cl)nc1)NCCC(C)C.I. The second-order valence-electron chi connectivity index (χ2n) is 4.79. The number of rotatable bonds is 6. The second kappa shape index (κ2) is 11.1. The first-order valence-corrected chi connectivity index (χ1v) is 7.12. The monoisotopic (exact) mass is 410 g/mol. The van der Waals surface area contributed by atoms with Crippen molar-refractivity contribution in [2.45, 2.75) is 33.7 Å². The van der Waals surface area contributed by atoms with Gasteiger partial charge >= 0.3 is 0 Å². The van der Waals surface area contributed by atoms with E-state index in [4.69, 9.17) is 11.6 Å². The van der Waals surface area contributed by atoms with Crippen molar-refractivity contribution in [1.82, 2.24) is 15.6 Å². The van der Waals surface area contributed by atoms with Crippen LogP contribution in [0.25, 0.3) is 0 Å². The van der Waals surface area contributed by atoms with Crippen molar-refractivity contribution in [2.24, 2.45) is 10.9 Å². The van der Waals surface area contributed by atoms with E-state index in [1.165, 1.54) is 0 Å². The van der Waals surface area contributed by atoms with Crippen molar-refractivity contribution in [3.8, 4) is 0 Å². The Morgan fingerprint density at radius 1 is 1.35 bits per heavy atom. The van der Waals surface area contributed by atoms with Crippen LogP contribution in [0.3, 0.4) is 0 Å². The van der Waals surface area contributed by atoms with Crippen molar-refractivity contribution < 1.29 is 0 Å². The molecule has 0 aliphatic carbocycles. The zero-order valence-electron chi connectivity index (χ0n) is 12.3. The minimum atomic E-state index is 0. The predicted octanol–water partition coefficient (Wildman–Crippen LogP) is 3.45. The van der Waals surface area contributed by atoms with Crippen molar-refractivity contribution >= 4 is 41.5 Å². The molecule has 6 heteroatoms. The van der Waals surface area contributed by atoms with Crippen LogP contribution in [0.4, 0.5) is 0 Å². The number of hydrogen-bond acceptors (Lipinski definition) is 2. The van der Waals surface area contributed by atoms with E-state index >= 15 is 0 Å². The van der Waals surface area contributed by atoms with Crippen LogP contribution in [0.1, 0.15) is 32.8 Å². The van der Waals surface area contributed by atoms with Crippen LogP contribution < -0.4 is 10.6 Å². The Bertz CT molecular complexity index is 393. The number of halogens is 2. The molecule has 1 aromatic rings. The number of pyridine rings is 1. The molecule has 1 aromatic heterocycles. The van der Waals surface area contributed by atoms with Crippen LogP contribution in [0.5, 0.6) is 0 Å². The lowest BCUT2D eigenvalue weighted by atomic mass is 10.1. The molecule has 0 radical (unpaired) electrons. The van der Waals surface area contributed by atoms with Crippen molar-refractivity contribution in [3.63, 3.8) is 0 Å². The van der Waals surface area contributed by atoms with Crippen LogP contribution in [0, 0.1) is 5.92 Å². The highest BCUT2D eigenvalue weighted by atomic mass is 127. The van der Waals surface area contributed by atoms with E-state index in [2.05, 4.69) is 41.4 Å². The van der Waals surface area contributed by atoms with Crippen LogP contribution in [-0.2, 0) is 6.54 Å². The highest BCUT2D eigenvalue weighted by Gasteiger charge is 1.99. The molecule has 4 nitrogen and oxygen atoms in total. The van der Waals surface area contributed by atoms with Gasteiger partial charge in [0, 0.05) is 19.3 Å². The van der Waals surface area contributed by atoms with E-state index in [0.717, 1.165) is 31.0 Å². The van der Waals surface area contributed by atoms with Gasteiger partial charge in [-0.15, -0.1) is 24.0 Å². The molecule has 0 unspecified atom stereocenters. The second-order valence-corrected chi connectivity index (χ2v) is 5.18. The number of nitrogens with one attached hydrogen (secondary N) is 2. The smallest absolute Gasteiger partial charge is 0.191 e. The van der Waals surface area contributed by atoms with Gasteiger partial charge in [-0.25, -0.2) is 9.98 Å². The van der Waals surface area contributed by atoms with E-state index in [0.29, 0.717) is 17.6 Å². The Kier molecular flexibility index (Phi) is 10.8. The maximum Gasteiger partial charge on any atom is 0.191 e. The third-order valence-corrected chi connectivity index (χ3v) is 2.79. The van der Waals surface area contributed by atoms with Crippen LogP contribution in [0.15, 0.2) is 23.3 Å². The largest absolute Gasteiger partial charge is 0.357 e. The van der Waals surface area contributed by atoms with Gasteiger partial charge in [0.05, 0.1) is 6.54 Å². The van der Waals surface area contributed by atoms with Gasteiger partial charge in [0.15, 0.2) is 5.96 Å². The van der Waals surface area contributed by atoms with Gasteiger partial charge in [0.25, 0.3) is 0 Å². The lowest BCUT2D eigenvalue weighted by molar-refractivity contribution is 0.573. The summed E-state index contributed by atoms with van der Waals surface area (Å²) in [5.74, 6) is 1.54. The fourth-order valence-electron chi connectivity index (χ4n) is 1.49. The van der Waals surface area contributed by atoms with E-state index < -0.39 is 0 Å². The highest BCUT2D eigenvalue weighted by Crippen LogP contribution is 2.06. The van der Waals surface area contributed by atoms with Crippen LogP contribution >= 0.6 is 35.6 Å².